The van der Waals surface area contributed by atoms with Crippen LogP contribution in [0, 0.1) is 5.41 Å². The van der Waals surface area contributed by atoms with Gasteiger partial charge in [0.2, 0.25) is 0 Å². The Bertz CT molecular complexity index is 405. The predicted molar refractivity (Wildman–Crippen MR) is 63.2 cm³/mol. The molecule has 0 radical (unpaired) electrons. The first-order valence-corrected chi connectivity index (χ1v) is 5.86. The van der Waals surface area contributed by atoms with Crippen LogP contribution in [0.3, 0.4) is 0 Å². The lowest BCUT2D eigenvalue weighted by Gasteiger charge is -2.38. The Balaban J connectivity index is 1.93. The second kappa shape index (κ2) is 4.51. The minimum Gasteiger partial charge on any atom is -0.380 e. The van der Waals surface area contributed by atoms with Gasteiger partial charge in [-0.2, -0.15) is 0 Å². The number of nitrogens with zero attached hydrogens (tertiary/aromatic N) is 1. The number of rotatable bonds is 3. The third-order valence-corrected chi connectivity index (χ3v) is 3.00. The molecule has 1 amide bonds. The first-order valence-electron chi connectivity index (χ1n) is 5.07. The van der Waals surface area contributed by atoms with E-state index in [0.717, 1.165) is 0 Å². The predicted octanol–water partition coefficient (Wildman–Crippen LogP) is 1.61. The van der Waals surface area contributed by atoms with E-state index in [2.05, 4.69) is 33.2 Å². The summed E-state index contributed by atoms with van der Waals surface area (Å²) in [5.41, 5.74) is 0.714. The molecule has 1 fully saturated rings. The summed E-state index contributed by atoms with van der Waals surface area (Å²) in [5.74, 6) is -0.0729. The molecule has 1 N–H and O–H groups in total. The van der Waals surface area contributed by atoms with Gasteiger partial charge in [-0.25, -0.2) is 4.98 Å². The monoisotopic (exact) mass is 284 g/mol. The van der Waals surface area contributed by atoms with E-state index in [1.54, 1.807) is 18.3 Å². The fraction of sp³-hybridized carbons (Fsp3) is 0.455. The average molecular weight is 285 g/mol. The summed E-state index contributed by atoms with van der Waals surface area (Å²) in [4.78, 5) is 15.8. The Morgan fingerprint density at radius 1 is 1.69 bits per heavy atom. The number of amides is 1. The van der Waals surface area contributed by atoms with E-state index >= 15 is 0 Å². The molecule has 4 nitrogen and oxygen atoms in total. The molecule has 0 bridgehead atoms. The van der Waals surface area contributed by atoms with Gasteiger partial charge in [0.25, 0.3) is 5.91 Å². The normalized spacial score (nSPS) is 17.6. The zero-order valence-corrected chi connectivity index (χ0v) is 10.6. The van der Waals surface area contributed by atoms with E-state index in [1.165, 1.54) is 0 Å². The van der Waals surface area contributed by atoms with Crippen molar-refractivity contribution in [2.45, 2.75) is 6.92 Å². The first-order chi connectivity index (χ1) is 7.59. The van der Waals surface area contributed by atoms with Gasteiger partial charge in [-0.05, 0) is 28.1 Å². The van der Waals surface area contributed by atoms with Gasteiger partial charge in [0.15, 0.2) is 0 Å². The van der Waals surface area contributed by atoms with Crippen molar-refractivity contribution in [3.63, 3.8) is 0 Å². The van der Waals surface area contributed by atoms with E-state index in [-0.39, 0.29) is 11.3 Å². The summed E-state index contributed by atoms with van der Waals surface area (Å²) in [6, 6.07) is 3.40. The van der Waals surface area contributed by atoms with Crippen molar-refractivity contribution in [3.8, 4) is 0 Å². The lowest BCUT2D eigenvalue weighted by molar-refractivity contribution is -0.0978. The van der Waals surface area contributed by atoms with Gasteiger partial charge < -0.3 is 10.1 Å². The summed E-state index contributed by atoms with van der Waals surface area (Å²) in [7, 11) is 0. The van der Waals surface area contributed by atoms with Crippen molar-refractivity contribution < 1.29 is 9.53 Å². The van der Waals surface area contributed by atoms with Crippen LogP contribution in [0.2, 0.25) is 0 Å². The molecule has 16 heavy (non-hydrogen) atoms. The topological polar surface area (TPSA) is 51.2 Å². The van der Waals surface area contributed by atoms with E-state index in [0.29, 0.717) is 29.9 Å². The highest BCUT2D eigenvalue weighted by atomic mass is 79.9. The highest BCUT2D eigenvalue weighted by Crippen LogP contribution is 2.25. The molecular weight excluding hydrogens is 272 g/mol. The largest absolute Gasteiger partial charge is 0.380 e. The van der Waals surface area contributed by atoms with E-state index in [4.69, 9.17) is 4.74 Å². The van der Waals surface area contributed by atoms with Crippen molar-refractivity contribution in [3.05, 3.63) is 28.5 Å². The second-order valence-corrected chi connectivity index (χ2v) is 5.17. The van der Waals surface area contributed by atoms with Crippen LogP contribution >= 0.6 is 15.9 Å². The number of hydrogen-bond acceptors (Lipinski definition) is 3. The van der Waals surface area contributed by atoms with Gasteiger partial charge in [0.1, 0.15) is 4.60 Å². The van der Waals surface area contributed by atoms with Crippen molar-refractivity contribution in [2.75, 3.05) is 19.8 Å². The fourth-order valence-corrected chi connectivity index (χ4v) is 1.86. The molecule has 0 spiro atoms. The van der Waals surface area contributed by atoms with Crippen LogP contribution in [-0.2, 0) is 4.74 Å². The number of hydrogen-bond donors (Lipinski definition) is 1. The molecule has 1 saturated heterocycles. The molecule has 5 heteroatoms. The average Bonchev–Trinajstić information content (AvgIpc) is 2.23. The summed E-state index contributed by atoms with van der Waals surface area (Å²) in [5, 5.41) is 2.90. The van der Waals surface area contributed by atoms with Crippen molar-refractivity contribution in [2.24, 2.45) is 5.41 Å². The Hall–Kier alpha value is -0.940. The smallest absolute Gasteiger partial charge is 0.251 e. The van der Waals surface area contributed by atoms with Gasteiger partial charge >= 0.3 is 0 Å². The van der Waals surface area contributed by atoms with Gasteiger partial charge in [0, 0.05) is 23.7 Å². The van der Waals surface area contributed by atoms with Gasteiger partial charge in [-0.3, -0.25) is 4.79 Å². The van der Waals surface area contributed by atoms with Crippen LogP contribution in [0.15, 0.2) is 22.9 Å². The van der Waals surface area contributed by atoms with Crippen molar-refractivity contribution in [1.82, 2.24) is 10.3 Å². The second-order valence-electron chi connectivity index (χ2n) is 4.35. The molecule has 2 heterocycles. The molecule has 0 saturated carbocycles. The number of carbonyl (C=O) groups excluding carboxylic acids is 1. The van der Waals surface area contributed by atoms with Crippen molar-refractivity contribution in [1.29, 1.82) is 0 Å². The Kier molecular flexibility index (Phi) is 3.25. The summed E-state index contributed by atoms with van der Waals surface area (Å²) >= 11 is 3.23. The van der Waals surface area contributed by atoms with Gasteiger partial charge in [-0.1, -0.05) is 6.92 Å². The number of nitrogens with one attached hydrogen (secondary N) is 1. The molecule has 0 aliphatic carbocycles. The summed E-state index contributed by atoms with van der Waals surface area (Å²) in [6.45, 7) is 4.17. The quantitative estimate of drug-likeness (QED) is 0.858. The minimum absolute atomic E-state index is 0.0729. The molecule has 1 aromatic rings. The number of pyridine rings is 1. The number of carbonyl (C=O) groups is 1. The number of aromatic nitrogens is 1. The van der Waals surface area contributed by atoms with E-state index in [9.17, 15) is 4.79 Å². The van der Waals surface area contributed by atoms with Gasteiger partial charge in [0.05, 0.1) is 13.2 Å². The van der Waals surface area contributed by atoms with E-state index < -0.39 is 0 Å². The first kappa shape index (κ1) is 11.5. The molecule has 86 valence electrons. The Labute approximate surface area is 103 Å². The van der Waals surface area contributed by atoms with Crippen molar-refractivity contribution >= 4 is 21.8 Å². The molecule has 0 aromatic carbocycles. The molecule has 0 unspecified atom stereocenters. The maximum absolute atomic E-state index is 11.8. The van der Waals surface area contributed by atoms with Crippen LogP contribution in [0.1, 0.15) is 17.3 Å². The summed E-state index contributed by atoms with van der Waals surface area (Å²) < 4.78 is 5.79. The lowest BCUT2D eigenvalue weighted by atomic mass is 9.89. The zero-order chi connectivity index (χ0) is 11.6. The fourth-order valence-electron chi connectivity index (χ4n) is 1.49. The SMILES string of the molecule is CC1(CNC(=O)c2ccnc(Br)c2)COC1. The molecule has 1 aliphatic heterocycles. The zero-order valence-electron chi connectivity index (χ0n) is 9.00. The summed E-state index contributed by atoms with van der Waals surface area (Å²) in [6.07, 6.45) is 1.60. The molecule has 1 aromatic heterocycles. The molecule has 0 atom stereocenters. The standard InChI is InChI=1S/C11H13BrN2O2/c1-11(6-16-7-11)5-14-10(15)8-2-3-13-9(12)4-8/h2-4H,5-7H2,1H3,(H,14,15). The number of halogens is 1. The number of ether oxygens (including phenoxy) is 1. The molecule has 2 rings (SSSR count). The van der Waals surface area contributed by atoms with Gasteiger partial charge in [-0.15, -0.1) is 0 Å². The lowest BCUT2D eigenvalue weighted by Crippen LogP contribution is -2.48. The highest BCUT2D eigenvalue weighted by molar-refractivity contribution is 9.10. The van der Waals surface area contributed by atoms with Crippen LogP contribution in [0.5, 0.6) is 0 Å². The maximum atomic E-state index is 11.8. The van der Waals surface area contributed by atoms with Crippen LogP contribution in [-0.4, -0.2) is 30.6 Å². The molecule has 1 aliphatic rings. The van der Waals surface area contributed by atoms with Crippen LogP contribution in [0.4, 0.5) is 0 Å². The molecular formula is C11H13BrN2O2. The third-order valence-electron chi connectivity index (χ3n) is 2.57. The Morgan fingerprint density at radius 2 is 2.44 bits per heavy atom. The van der Waals surface area contributed by atoms with Crippen LogP contribution in [0.25, 0.3) is 0 Å². The van der Waals surface area contributed by atoms with E-state index in [1.807, 2.05) is 0 Å². The third kappa shape index (κ3) is 2.59. The highest BCUT2D eigenvalue weighted by Gasteiger charge is 2.33. The van der Waals surface area contributed by atoms with Crippen LogP contribution < -0.4 is 5.32 Å². The minimum atomic E-state index is -0.0729. The Morgan fingerprint density at radius 3 is 3.00 bits per heavy atom. The maximum Gasteiger partial charge on any atom is 0.251 e.